The van der Waals surface area contributed by atoms with Crippen molar-refractivity contribution in [3.05, 3.63) is 64.7 Å². The second-order valence-electron chi connectivity index (χ2n) is 11.1. The van der Waals surface area contributed by atoms with Gasteiger partial charge < -0.3 is 21.1 Å². The van der Waals surface area contributed by atoms with Crippen molar-refractivity contribution >= 4 is 29.0 Å². The number of aryl methyl sites for hydroxylation is 1. The van der Waals surface area contributed by atoms with Crippen LogP contribution >= 0.6 is 0 Å². The Hall–Kier alpha value is -3.73. The van der Waals surface area contributed by atoms with Crippen molar-refractivity contribution in [1.29, 1.82) is 0 Å². The van der Waals surface area contributed by atoms with Gasteiger partial charge in [0.15, 0.2) is 34.7 Å². The molecule has 8 atom stereocenters. The number of likely N-dealkylation sites (N-methyl/N-ethyl adjacent to an activating group) is 1. The van der Waals surface area contributed by atoms with E-state index < -0.39 is 76.4 Å². The van der Waals surface area contributed by atoms with Crippen LogP contribution in [-0.4, -0.2) is 81.1 Å². The molecule has 1 amide bonds. The van der Waals surface area contributed by atoms with Crippen LogP contribution in [0.1, 0.15) is 33.0 Å². The zero-order chi connectivity index (χ0) is 28.5. The Bertz CT molecular complexity index is 1430. The molecule has 39 heavy (non-hydrogen) atoms. The third-order valence-corrected chi connectivity index (χ3v) is 8.69. The van der Waals surface area contributed by atoms with Crippen LogP contribution in [0.4, 0.5) is 0 Å². The number of amides is 1. The molecule has 2 saturated carbocycles. The van der Waals surface area contributed by atoms with Crippen LogP contribution in [0.2, 0.25) is 0 Å². The summed E-state index contributed by atoms with van der Waals surface area (Å²) in [6.07, 6.45) is -1.42. The molecule has 0 saturated heterocycles. The number of nitrogens with zero attached hydrogens (tertiary/aromatic N) is 1. The molecule has 0 aromatic heterocycles. The van der Waals surface area contributed by atoms with Gasteiger partial charge in [0, 0.05) is 5.92 Å². The Balaban J connectivity index is 1.74. The van der Waals surface area contributed by atoms with Crippen molar-refractivity contribution in [2.45, 2.75) is 37.0 Å². The molecule has 3 aliphatic rings. The highest BCUT2D eigenvalue weighted by atomic mass is 16.3. The van der Waals surface area contributed by atoms with E-state index in [1.54, 1.807) is 12.1 Å². The van der Waals surface area contributed by atoms with Crippen molar-refractivity contribution in [3.63, 3.8) is 0 Å². The van der Waals surface area contributed by atoms with Crippen LogP contribution in [0.25, 0.3) is 0 Å². The molecule has 5 N–H and O–H groups in total. The lowest BCUT2D eigenvalue weighted by molar-refractivity contribution is -0.197. The Morgan fingerprint density at radius 3 is 2.33 bits per heavy atom. The van der Waals surface area contributed by atoms with Gasteiger partial charge in [-0.25, -0.2) is 0 Å². The first-order chi connectivity index (χ1) is 18.3. The van der Waals surface area contributed by atoms with Crippen molar-refractivity contribution in [2.24, 2.45) is 29.4 Å². The average molecular weight is 535 g/mol. The predicted octanol–water partition coefficient (Wildman–Crippen LogP) is -0.0700. The van der Waals surface area contributed by atoms with Gasteiger partial charge in [-0.05, 0) is 50.6 Å². The summed E-state index contributed by atoms with van der Waals surface area (Å²) in [6.45, 7) is 1.91. The van der Waals surface area contributed by atoms with E-state index in [1.807, 2.05) is 31.2 Å². The minimum atomic E-state index is -3.02. The monoisotopic (exact) mass is 534 g/mol. The molecule has 10 nitrogen and oxygen atoms in total. The molecule has 204 valence electrons. The van der Waals surface area contributed by atoms with Crippen LogP contribution < -0.4 is 5.73 Å². The predicted molar refractivity (Wildman–Crippen MR) is 137 cm³/mol. The fourth-order valence-electron chi connectivity index (χ4n) is 7.10. The Kier molecular flexibility index (Phi) is 6.32. The third-order valence-electron chi connectivity index (χ3n) is 8.69. The van der Waals surface area contributed by atoms with Gasteiger partial charge in [-0.15, -0.1) is 0 Å². The number of carbonyl (C=O) groups excluding carboxylic acids is 5. The number of phenols is 1. The van der Waals surface area contributed by atoms with Crippen LogP contribution in [0.15, 0.2) is 42.5 Å². The van der Waals surface area contributed by atoms with Gasteiger partial charge in [-0.2, -0.15) is 0 Å². The molecular weight excluding hydrogens is 504 g/mol. The average Bonchev–Trinajstić information content (AvgIpc) is 2.85. The fraction of sp³-hybridized carbons (Fsp3) is 0.414. The third kappa shape index (κ3) is 3.70. The maximum Gasteiger partial charge on any atom is 0.235 e. The molecule has 2 fully saturated rings. The number of hydrogen-bond acceptors (Lipinski definition) is 9. The molecule has 5 rings (SSSR count). The van der Waals surface area contributed by atoms with E-state index >= 15 is 0 Å². The molecule has 10 heteroatoms. The molecule has 2 aromatic carbocycles. The molecule has 3 aliphatic carbocycles. The molecule has 2 aromatic rings. The number of hydrogen-bond donors (Lipinski definition) is 4. The topological polar surface area (TPSA) is 175 Å². The van der Waals surface area contributed by atoms with E-state index in [1.165, 1.54) is 25.1 Å². The van der Waals surface area contributed by atoms with Crippen molar-refractivity contribution < 1.29 is 39.3 Å². The van der Waals surface area contributed by atoms with E-state index in [2.05, 4.69) is 0 Å². The molecule has 0 heterocycles. The Labute approximate surface area is 224 Å². The molecular formula is C29H30N2O8. The summed E-state index contributed by atoms with van der Waals surface area (Å²) in [5.41, 5.74) is 4.45. The number of aliphatic hydroxyl groups excluding tert-OH is 1. The Morgan fingerprint density at radius 1 is 1.05 bits per heavy atom. The molecule has 0 bridgehead atoms. The van der Waals surface area contributed by atoms with E-state index in [0.717, 1.165) is 11.1 Å². The highest BCUT2D eigenvalue weighted by molar-refractivity contribution is 6.32. The Morgan fingerprint density at radius 2 is 1.72 bits per heavy atom. The first-order valence-corrected chi connectivity index (χ1v) is 12.7. The van der Waals surface area contributed by atoms with Crippen LogP contribution in [0, 0.1) is 30.6 Å². The number of rotatable bonds is 4. The van der Waals surface area contributed by atoms with Gasteiger partial charge in [-0.1, -0.05) is 42.0 Å². The summed E-state index contributed by atoms with van der Waals surface area (Å²) in [5, 5.41) is 34.4. The summed E-state index contributed by atoms with van der Waals surface area (Å²) in [7, 11) is 2.92. The van der Waals surface area contributed by atoms with Crippen molar-refractivity contribution in [1.82, 2.24) is 4.90 Å². The number of aromatic hydroxyl groups is 1. The minimum Gasteiger partial charge on any atom is -0.507 e. The lowest BCUT2D eigenvalue weighted by Crippen LogP contribution is -2.77. The number of primary amides is 1. The maximum atomic E-state index is 14.1. The summed E-state index contributed by atoms with van der Waals surface area (Å²) in [4.78, 5) is 68.3. The minimum absolute atomic E-state index is 0.117. The zero-order valence-electron chi connectivity index (χ0n) is 21.7. The number of fused-ring (bicyclic) bond motifs is 3. The van der Waals surface area contributed by atoms with Gasteiger partial charge in [0.05, 0.1) is 29.5 Å². The van der Waals surface area contributed by atoms with Gasteiger partial charge in [-0.3, -0.25) is 28.9 Å². The highest BCUT2D eigenvalue weighted by Crippen LogP contribution is 2.55. The number of aliphatic hydroxyl groups is 2. The first kappa shape index (κ1) is 26.9. The highest BCUT2D eigenvalue weighted by Gasteiger charge is 2.73. The summed E-state index contributed by atoms with van der Waals surface area (Å²) < 4.78 is 0. The van der Waals surface area contributed by atoms with E-state index in [9.17, 15) is 39.3 Å². The normalized spacial score (nSPS) is 33.9. The molecule has 0 aliphatic heterocycles. The second kappa shape index (κ2) is 9.18. The molecule has 0 spiro atoms. The zero-order valence-corrected chi connectivity index (χ0v) is 21.7. The summed E-state index contributed by atoms with van der Waals surface area (Å²) in [6, 6.07) is 10.6. The lowest BCUT2D eigenvalue weighted by Gasteiger charge is -2.56. The SMILES string of the molecule is Cc1cccc(CC2c3cccc(O)c3C(=O)C3C(=O)C4(O)C(=O)C(C(N)=O)C(=O)C(N(C)C)C4C(O)C32)c1. The van der Waals surface area contributed by atoms with Crippen LogP contribution in [0.3, 0.4) is 0 Å². The van der Waals surface area contributed by atoms with Gasteiger partial charge in [0.1, 0.15) is 5.75 Å². The first-order valence-electron chi connectivity index (χ1n) is 12.7. The molecule has 8 unspecified atom stereocenters. The summed E-state index contributed by atoms with van der Waals surface area (Å²) in [5.74, 6) is -13.4. The van der Waals surface area contributed by atoms with Gasteiger partial charge >= 0.3 is 0 Å². The second-order valence-corrected chi connectivity index (χ2v) is 11.1. The molecule has 0 radical (unpaired) electrons. The fourth-order valence-corrected chi connectivity index (χ4v) is 7.10. The van der Waals surface area contributed by atoms with Gasteiger partial charge in [0.2, 0.25) is 5.91 Å². The number of benzene rings is 2. The number of Topliss-reactive ketones (excluding diaryl/α,β-unsaturated/α-hetero) is 4. The number of ketones is 4. The van der Waals surface area contributed by atoms with E-state index in [4.69, 9.17) is 5.73 Å². The van der Waals surface area contributed by atoms with Crippen LogP contribution in [0.5, 0.6) is 5.75 Å². The van der Waals surface area contributed by atoms with E-state index in [-0.39, 0.29) is 17.7 Å². The van der Waals surface area contributed by atoms with Crippen LogP contribution in [-0.2, 0) is 25.6 Å². The standard InChI is InChI=1S/C29H30N2O8/c1-12-6-4-7-13(10-12)11-15-14-8-5-9-16(32)17(14)23(33)19-18(15)24(34)21-22(31(2)3)25(35)20(28(30)38)27(37)29(21,39)26(19)36/h4-10,15,18-22,24,32,34,39H,11H2,1-3H3,(H2,30,38). The van der Waals surface area contributed by atoms with E-state index in [0.29, 0.717) is 5.56 Å². The van der Waals surface area contributed by atoms with Crippen molar-refractivity contribution in [3.8, 4) is 5.75 Å². The number of carbonyl (C=O) groups is 5. The maximum absolute atomic E-state index is 14.1. The number of phenolic OH excluding ortho intramolecular Hbond substituents is 1. The summed E-state index contributed by atoms with van der Waals surface area (Å²) >= 11 is 0. The van der Waals surface area contributed by atoms with Gasteiger partial charge in [0.25, 0.3) is 0 Å². The largest absolute Gasteiger partial charge is 0.507 e. The smallest absolute Gasteiger partial charge is 0.235 e. The quantitative estimate of drug-likeness (QED) is 0.391. The van der Waals surface area contributed by atoms with Crippen molar-refractivity contribution in [2.75, 3.05) is 14.1 Å². The lowest BCUT2D eigenvalue weighted by atomic mass is 9.49. The number of nitrogens with two attached hydrogens (primary N) is 1.